The molecule has 1 aliphatic rings. The van der Waals surface area contributed by atoms with Crippen LogP contribution in [0.5, 0.6) is 11.5 Å². The molecule has 0 aliphatic carbocycles. The average molecular weight is 579 g/mol. The van der Waals surface area contributed by atoms with Crippen molar-refractivity contribution in [1.82, 2.24) is 5.32 Å². The molecule has 42 heavy (non-hydrogen) atoms. The Kier molecular flexibility index (Phi) is 9.71. The zero-order valence-corrected chi connectivity index (χ0v) is 23.4. The van der Waals surface area contributed by atoms with Crippen LogP contribution < -0.4 is 25.6 Å². The number of rotatable bonds is 11. The largest absolute Gasteiger partial charge is 0.469 e. The summed E-state index contributed by atoms with van der Waals surface area (Å²) in [5.74, 6) is -1.99. The van der Waals surface area contributed by atoms with E-state index in [2.05, 4.69) is 20.7 Å². The minimum absolute atomic E-state index is 0.0131. The van der Waals surface area contributed by atoms with E-state index in [1.807, 2.05) is 25.1 Å². The molecule has 0 radical (unpaired) electrons. The van der Waals surface area contributed by atoms with Crippen LogP contribution in [-0.4, -0.2) is 57.5 Å². The number of methoxy groups -OCH3 is 1. The van der Waals surface area contributed by atoms with Gasteiger partial charge in [-0.3, -0.25) is 19.2 Å². The van der Waals surface area contributed by atoms with Crippen LogP contribution in [-0.2, 0) is 30.5 Å². The number of nitrogens with zero attached hydrogens (tertiary/aromatic N) is 1. The van der Waals surface area contributed by atoms with Crippen LogP contribution in [0.4, 0.5) is 21.5 Å². The molecule has 1 heterocycles. The molecule has 0 saturated heterocycles. The first-order chi connectivity index (χ1) is 20.1. The van der Waals surface area contributed by atoms with Crippen molar-refractivity contribution in [1.29, 1.82) is 0 Å². The minimum Gasteiger partial charge on any atom is -0.469 e. The second-order valence-electron chi connectivity index (χ2n) is 9.69. The third kappa shape index (κ3) is 7.82. The number of hydrogen-bond acceptors (Lipinski definition) is 8. The van der Waals surface area contributed by atoms with E-state index in [0.29, 0.717) is 11.3 Å². The van der Waals surface area contributed by atoms with Crippen molar-refractivity contribution in [2.24, 2.45) is 0 Å². The van der Waals surface area contributed by atoms with E-state index in [0.717, 1.165) is 5.69 Å². The molecule has 1 aliphatic heterocycles. The van der Waals surface area contributed by atoms with E-state index < -0.39 is 35.5 Å². The van der Waals surface area contributed by atoms with Gasteiger partial charge >= 0.3 is 5.97 Å². The zero-order chi connectivity index (χ0) is 30.2. The number of hydrogen-bond donors (Lipinski definition) is 3. The first kappa shape index (κ1) is 30.0. The Hall–Kier alpha value is -4.97. The predicted octanol–water partition coefficient (Wildman–Crippen LogP) is 3.84. The fraction of sp³-hybridized carbons (Fsp3) is 0.267. The second kappa shape index (κ2) is 13.6. The monoisotopic (exact) mass is 578 g/mol. The molecular weight excluding hydrogens is 547 g/mol. The quantitative estimate of drug-likeness (QED) is 0.292. The molecule has 11 nitrogen and oxygen atoms in total. The summed E-state index contributed by atoms with van der Waals surface area (Å²) in [6.45, 7) is -0.342. The summed E-state index contributed by atoms with van der Waals surface area (Å²) >= 11 is 0. The molecule has 0 spiro atoms. The average Bonchev–Trinajstić information content (AvgIpc) is 3.07. The lowest BCUT2D eigenvalue weighted by Crippen LogP contribution is -2.41. The van der Waals surface area contributed by atoms with Gasteiger partial charge in [0.15, 0.2) is 5.75 Å². The standard InChI is InChI=1S/C30H31FN4O7/c1-35(2)20-8-5-9-21(13-20)42-26-14-22-24(34-30(39)23(33-29(22)38)10-11-28(37)40-3)15-25(26)32-27(36)17-41-16-18-6-4-7-19(31)12-18/h4-9,12-15,23H,10-11,16-17H2,1-3H3,(H,32,36)(H,33,38)(H,34,39)/t23-/m1/s1. The smallest absolute Gasteiger partial charge is 0.305 e. The third-order valence-electron chi connectivity index (χ3n) is 6.34. The topological polar surface area (TPSA) is 135 Å². The molecule has 12 heteroatoms. The van der Waals surface area contributed by atoms with Gasteiger partial charge in [0.2, 0.25) is 11.8 Å². The Morgan fingerprint density at radius 2 is 1.83 bits per heavy atom. The van der Waals surface area contributed by atoms with Crippen LogP contribution in [0.2, 0.25) is 0 Å². The highest BCUT2D eigenvalue weighted by Gasteiger charge is 2.30. The van der Waals surface area contributed by atoms with Crippen LogP contribution in [0.15, 0.2) is 60.7 Å². The van der Waals surface area contributed by atoms with Crippen molar-refractivity contribution in [3.8, 4) is 11.5 Å². The number of anilines is 3. The molecule has 0 unspecified atom stereocenters. The highest BCUT2D eigenvalue weighted by atomic mass is 19.1. The van der Waals surface area contributed by atoms with E-state index in [1.165, 1.54) is 31.4 Å². The second-order valence-corrected chi connectivity index (χ2v) is 9.69. The molecule has 3 aromatic rings. The van der Waals surface area contributed by atoms with Crippen molar-refractivity contribution in [3.63, 3.8) is 0 Å². The normalized spacial score (nSPS) is 14.1. The molecular formula is C30H31FN4O7. The molecule has 3 aromatic carbocycles. The molecule has 0 bridgehead atoms. The molecule has 3 N–H and O–H groups in total. The number of carbonyl (C=O) groups is 4. The van der Waals surface area contributed by atoms with Crippen molar-refractivity contribution in [2.45, 2.75) is 25.5 Å². The van der Waals surface area contributed by atoms with Gasteiger partial charge in [0.05, 0.1) is 30.7 Å². The van der Waals surface area contributed by atoms with Crippen LogP contribution in [0.3, 0.4) is 0 Å². The van der Waals surface area contributed by atoms with Crippen molar-refractivity contribution >= 4 is 40.8 Å². The number of carbonyl (C=O) groups excluding carboxylic acids is 4. The number of amides is 3. The van der Waals surface area contributed by atoms with E-state index in [-0.39, 0.29) is 48.7 Å². The van der Waals surface area contributed by atoms with Crippen molar-refractivity contribution in [3.05, 3.63) is 77.6 Å². The lowest BCUT2D eigenvalue weighted by atomic mass is 10.1. The molecule has 3 amide bonds. The van der Waals surface area contributed by atoms with Gasteiger partial charge in [-0.25, -0.2) is 4.39 Å². The van der Waals surface area contributed by atoms with Gasteiger partial charge in [-0.15, -0.1) is 0 Å². The van der Waals surface area contributed by atoms with Crippen molar-refractivity contribution < 1.29 is 37.8 Å². The van der Waals surface area contributed by atoms with Crippen LogP contribution in [0.25, 0.3) is 0 Å². The lowest BCUT2D eigenvalue weighted by molar-refractivity contribution is -0.140. The lowest BCUT2D eigenvalue weighted by Gasteiger charge is -2.18. The summed E-state index contributed by atoms with van der Waals surface area (Å²) in [5, 5.41) is 8.03. The molecule has 220 valence electrons. The highest BCUT2D eigenvalue weighted by molar-refractivity contribution is 6.11. The maximum absolute atomic E-state index is 13.4. The van der Waals surface area contributed by atoms with Crippen molar-refractivity contribution in [2.75, 3.05) is 43.3 Å². The molecule has 0 fully saturated rings. The maximum Gasteiger partial charge on any atom is 0.305 e. The van der Waals surface area contributed by atoms with Gasteiger partial charge in [0.1, 0.15) is 24.2 Å². The van der Waals surface area contributed by atoms with Gasteiger partial charge in [0.25, 0.3) is 5.91 Å². The molecule has 0 aromatic heterocycles. The SMILES string of the molecule is COC(=O)CC[C@H]1NC(=O)c2cc(Oc3cccc(N(C)C)c3)c(NC(=O)COCc3cccc(F)c3)cc2NC1=O. The number of benzene rings is 3. The minimum atomic E-state index is -0.987. The summed E-state index contributed by atoms with van der Waals surface area (Å²) in [4.78, 5) is 52.3. The Morgan fingerprint density at radius 1 is 1.05 bits per heavy atom. The zero-order valence-electron chi connectivity index (χ0n) is 23.4. The summed E-state index contributed by atoms with van der Waals surface area (Å²) in [7, 11) is 4.99. The van der Waals surface area contributed by atoms with Gasteiger partial charge in [-0.1, -0.05) is 18.2 Å². The predicted molar refractivity (Wildman–Crippen MR) is 153 cm³/mol. The number of fused-ring (bicyclic) bond motifs is 1. The Morgan fingerprint density at radius 3 is 2.57 bits per heavy atom. The fourth-order valence-corrected chi connectivity index (χ4v) is 4.17. The first-order valence-corrected chi connectivity index (χ1v) is 13.1. The van der Waals surface area contributed by atoms with E-state index in [1.54, 1.807) is 30.3 Å². The number of nitrogens with one attached hydrogen (secondary N) is 3. The van der Waals surface area contributed by atoms with Gasteiger partial charge in [-0.2, -0.15) is 0 Å². The van der Waals surface area contributed by atoms with Crippen LogP contribution in [0.1, 0.15) is 28.8 Å². The maximum atomic E-state index is 13.4. The summed E-state index contributed by atoms with van der Waals surface area (Å²) in [6, 6.07) is 14.9. The third-order valence-corrected chi connectivity index (χ3v) is 6.34. The number of ether oxygens (including phenoxy) is 3. The first-order valence-electron chi connectivity index (χ1n) is 13.1. The van der Waals surface area contributed by atoms with Gasteiger partial charge in [0, 0.05) is 32.3 Å². The summed E-state index contributed by atoms with van der Waals surface area (Å²) in [6.07, 6.45) is -0.0378. The Bertz CT molecular complexity index is 1490. The van der Waals surface area contributed by atoms with E-state index >= 15 is 0 Å². The van der Waals surface area contributed by atoms with Gasteiger partial charge < -0.3 is 35.1 Å². The van der Waals surface area contributed by atoms with Crippen LogP contribution in [0, 0.1) is 5.82 Å². The van der Waals surface area contributed by atoms with E-state index in [4.69, 9.17) is 9.47 Å². The molecule has 1 atom stereocenters. The number of esters is 1. The summed E-state index contributed by atoms with van der Waals surface area (Å²) in [5.41, 5.74) is 1.83. The van der Waals surface area contributed by atoms with Gasteiger partial charge in [-0.05, 0) is 48.4 Å². The number of halogens is 1. The highest BCUT2D eigenvalue weighted by Crippen LogP contribution is 2.37. The van der Waals surface area contributed by atoms with Crippen LogP contribution >= 0.6 is 0 Å². The van der Waals surface area contributed by atoms with E-state index in [9.17, 15) is 23.6 Å². The summed E-state index contributed by atoms with van der Waals surface area (Å²) < 4.78 is 29.6. The Balaban J connectivity index is 1.58. The molecule has 4 rings (SSSR count). The Labute approximate surface area is 241 Å². The fourth-order valence-electron chi connectivity index (χ4n) is 4.17. The molecule has 0 saturated carbocycles.